The highest BCUT2D eigenvalue weighted by Gasteiger charge is 2.45. The van der Waals surface area contributed by atoms with Crippen molar-refractivity contribution in [1.29, 1.82) is 0 Å². The molecule has 0 saturated carbocycles. The van der Waals surface area contributed by atoms with Gasteiger partial charge in [0.15, 0.2) is 9.84 Å². The molecule has 1 atom stereocenters. The molecule has 1 aliphatic rings. The Morgan fingerprint density at radius 1 is 0.711 bits per heavy atom. The summed E-state index contributed by atoms with van der Waals surface area (Å²) >= 11 is 0. The third-order valence-corrected chi connectivity index (χ3v) is 9.57. The van der Waals surface area contributed by atoms with Crippen LogP contribution in [-0.2, 0) is 9.84 Å². The van der Waals surface area contributed by atoms with Gasteiger partial charge >= 0.3 is 0 Å². The van der Waals surface area contributed by atoms with Gasteiger partial charge in [0.2, 0.25) is 0 Å². The van der Waals surface area contributed by atoms with E-state index >= 15 is 0 Å². The topological polar surface area (TPSA) is 49.4 Å². The largest absolute Gasteiger partial charge is 0.305 e. The molecule has 38 heavy (non-hydrogen) atoms. The molecule has 0 aliphatic carbocycles. The van der Waals surface area contributed by atoms with Crippen LogP contribution < -0.4 is 5.32 Å². The van der Waals surface area contributed by atoms with Crippen LogP contribution in [0.25, 0.3) is 0 Å². The third-order valence-electron chi connectivity index (χ3n) is 7.69. The van der Waals surface area contributed by atoms with E-state index in [1.165, 1.54) is 22.3 Å². The normalized spacial score (nSPS) is 18.8. The van der Waals surface area contributed by atoms with Crippen molar-refractivity contribution in [2.24, 2.45) is 0 Å². The average molecular weight is 525 g/mol. The molecule has 196 valence electrons. The van der Waals surface area contributed by atoms with Gasteiger partial charge in [0.05, 0.1) is 23.6 Å². The molecule has 1 aliphatic heterocycles. The first-order valence-electron chi connectivity index (χ1n) is 13.4. The molecule has 1 saturated heterocycles. The second-order valence-corrected chi connectivity index (χ2v) is 12.6. The van der Waals surface area contributed by atoms with Crippen molar-refractivity contribution in [1.82, 2.24) is 10.2 Å². The highest BCUT2D eigenvalue weighted by Crippen LogP contribution is 2.39. The summed E-state index contributed by atoms with van der Waals surface area (Å²) in [5, 5.41) is 3.81. The van der Waals surface area contributed by atoms with Gasteiger partial charge in [-0.05, 0) is 35.6 Å². The van der Waals surface area contributed by atoms with Gasteiger partial charge in [-0.1, -0.05) is 121 Å². The highest BCUT2D eigenvalue weighted by molar-refractivity contribution is 7.91. The van der Waals surface area contributed by atoms with Crippen molar-refractivity contribution < 1.29 is 8.42 Å². The molecule has 0 spiro atoms. The highest BCUT2D eigenvalue weighted by atomic mass is 32.2. The Balaban J connectivity index is 1.49. The lowest BCUT2D eigenvalue weighted by Crippen LogP contribution is -2.52. The smallest absolute Gasteiger partial charge is 0.152 e. The van der Waals surface area contributed by atoms with E-state index in [1.807, 2.05) is 24.3 Å². The van der Waals surface area contributed by atoms with E-state index in [9.17, 15) is 8.42 Å². The monoisotopic (exact) mass is 524 g/mol. The molecule has 4 aromatic carbocycles. The lowest BCUT2D eigenvalue weighted by molar-refractivity contribution is 0.0909. The molecule has 5 heteroatoms. The number of hydrogen-bond acceptors (Lipinski definition) is 4. The summed E-state index contributed by atoms with van der Waals surface area (Å²) in [4.78, 5) is 2.43. The third kappa shape index (κ3) is 6.07. The molecule has 1 N–H and O–H groups in total. The van der Waals surface area contributed by atoms with Gasteiger partial charge in [-0.3, -0.25) is 4.90 Å². The van der Waals surface area contributed by atoms with Crippen LogP contribution >= 0.6 is 0 Å². The molecule has 1 heterocycles. The number of nitrogens with one attached hydrogen (secondary N) is 1. The second kappa shape index (κ2) is 11.6. The first-order chi connectivity index (χ1) is 18.5. The van der Waals surface area contributed by atoms with Crippen LogP contribution in [0, 0.1) is 0 Å². The zero-order valence-electron chi connectivity index (χ0n) is 21.9. The zero-order chi connectivity index (χ0) is 26.4. The predicted molar refractivity (Wildman–Crippen MR) is 156 cm³/mol. The van der Waals surface area contributed by atoms with E-state index in [-0.39, 0.29) is 23.6 Å². The van der Waals surface area contributed by atoms with Gasteiger partial charge in [0.1, 0.15) is 0 Å². The Morgan fingerprint density at radius 3 is 1.53 bits per heavy atom. The fourth-order valence-electron chi connectivity index (χ4n) is 5.80. The van der Waals surface area contributed by atoms with Gasteiger partial charge in [-0.2, -0.15) is 0 Å². The van der Waals surface area contributed by atoms with E-state index in [0.717, 1.165) is 0 Å². The van der Waals surface area contributed by atoms with Crippen LogP contribution in [0.1, 0.15) is 47.7 Å². The number of rotatable bonds is 10. The predicted octanol–water partition coefficient (Wildman–Crippen LogP) is 6.03. The standard InChI is InChI=1S/C33H36N2O2S/c1-33(22-25-38(36,37)26-33)35(32(29-18-10-4-11-19-29)30-20-12-5-13-21-30)24-23-34-31(27-14-6-2-7-15-27)28-16-8-3-9-17-28/h2-21,31-32,34H,22-26H2,1H3/t33-/m0/s1. The molecule has 0 amide bonds. The van der Waals surface area contributed by atoms with E-state index in [0.29, 0.717) is 19.5 Å². The minimum atomic E-state index is -3.09. The minimum absolute atomic E-state index is 0.0475. The molecule has 4 nitrogen and oxygen atoms in total. The lowest BCUT2D eigenvalue weighted by Gasteiger charge is -2.44. The molecular formula is C33H36N2O2S. The Morgan fingerprint density at radius 2 is 1.13 bits per heavy atom. The summed E-state index contributed by atoms with van der Waals surface area (Å²) in [6.45, 7) is 3.54. The van der Waals surface area contributed by atoms with Crippen LogP contribution in [0.5, 0.6) is 0 Å². The molecule has 4 aromatic rings. The number of sulfone groups is 1. The van der Waals surface area contributed by atoms with E-state index in [1.54, 1.807) is 0 Å². The molecule has 0 unspecified atom stereocenters. The molecule has 0 aromatic heterocycles. The SMILES string of the molecule is C[C@]1(N(CCNC(c2ccccc2)c2ccccc2)C(c2ccccc2)c2ccccc2)CCS(=O)(=O)C1. The molecule has 5 rings (SSSR count). The number of nitrogens with zero attached hydrogens (tertiary/aromatic N) is 1. The van der Waals surface area contributed by atoms with Crippen molar-refractivity contribution in [2.75, 3.05) is 24.6 Å². The average Bonchev–Trinajstić information content (AvgIpc) is 3.25. The molecule has 0 radical (unpaired) electrons. The van der Waals surface area contributed by atoms with Crippen LogP contribution in [-0.4, -0.2) is 43.5 Å². The van der Waals surface area contributed by atoms with E-state index in [2.05, 4.69) is 114 Å². The van der Waals surface area contributed by atoms with Gasteiger partial charge < -0.3 is 5.32 Å². The molecular weight excluding hydrogens is 488 g/mol. The fourth-order valence-corrected chi connectivity index (χ4v) is 7.95. The summed E-state index contributed by atoms with van der Waals surface area (Å²) in [7, 11) is -3.09. The van der Waals surface area contributed by atoms with Crippen LogP contribution in [0.4, 0.5) is 0 Å². The van der Waals surface area contributed by atoms with Gasteiger partial charge in [0, 0.05) is 18.6 Å². The summed E-state index contributed by atoms with van der Waals surface area (Å²) < 4.78 is 25.5. The maximum atomic E-state index is 12.8. The van der Waals surface area contributed by atoms with Crippen LogP contribution in [0.15, 0.2) is 121 Å². The number of benzene rings is 4. The lowest BCUT2D eigenvalue weighted by atomic mass is 9.90. The molecule has 0 bridgehead atoms. The Bertz CT molecular complexity index is 1320. The van der Waals surface area contributed by atoms with Gasteiger partial charge in [-0.25, -0.2) is 8.42 Å². The van der Waals surface area contributed by atoms with Gasteiger partial charge in [0.25, 0.3) is 0 Å². The zero-order valence-corrected chi connectivity index (χ0v) is 22.7. The van der Waals surface area contributed by atoms with Crippen LogP contribution in [0.3, 0.4) is 0 Å². The Labute approximate surface area is 227 Å². The van der Waals surface area contributed by atoms with Crippen molar-refractivity contribution in [3.63, 3.8) is 0 Å². The maximum Gasteiger partial charge on any atom is 0.152 e. The first-order valence-corrected chi connectivity index (χ1v) is 15.2. The van der Waals surface area contributed by atoms with Crippen molar-refractivity contribution >= 4 is 9.84 Å². The quantitative estimate of drug-likeness (QED) is 0.275. The summed E-state index contributed by atoms with van der Waals surface area (Å²) in [6.07, 6.45) is 0.631. The van der Waals surface area contributed by atoms with Crippen molar-refractivity contribution in [3.8, 4) is 0 Å². The maximum absolute atomic E-state index is 12.8. The summed E-state index contributed by atoms with van der Waals surface area (Å²) in [5.41, 5.74) is 4.30. The Kier molecular flexibility index (Phi) is 8.08. The van der Waals surface area contributed by atoms with Crippen molar-refractivity contribution in [2.45, 2.75) is 31.0 Å². The van der Waals surface area contributed by atoms with E-state index in [4.69, 9.17) is 0 Å². The summed E-state index contributed by atoms with van der Waals surface area (Å²) in [5.74, 6) is 0.414. The summed E-state index contributed by atoms with van der Waals surface area (Å²) in [6, 6.07) is 41.9. The second-order valence-electron chi connectivity index (χ2n) is 10.5. The van der Waals surface area contributed by atoms with Crippen LogP contribution in [0.2, 0.25) is 0 Å². The van der Waals surface area contributed by atoms with E-state index < -0.39 is 15.4 Å². The van der Waals surface area contributed by atoms with Crippen molar-refractivity contribution in [3.05, 3.63) is 144 Å². The molecule has 1 fully saturated rings. The Hall–Kier alpha value is -3.25. The number of hydrogen-bond donors (Lipinski definition) is 1. The first kappa shape index (κ1) is 26.4. The fraction of sp³-hybridized carbons (Fsp3) is 0.273. The minimum Gasteiger partial charge on any atom is -0.305 e. The van der Waals surface area contributed by atoms with Gasteiger partial charge in [-0.15, -0.1) is 0 Å².